The Morgan fingerprint density at radius 2 is 2.08 bits per heavy atom. The van der Waals surface area contributed by atoms with Crippen molar-refractivity contribution in [1.29, 1.82) is 5.26 Å². The number of nitrogens with zero attached hydrogens (tertiary/aromatic N) is 1. The molecule has 0 aliphatic heterocycles. The van der Waals surface area contributed by atoms with Crippen molar-refractivity contribution < 1.29 is 27.2 Å². The third kappa shape index (κ3) is 3.13. The van der Waals surface area contributed by atoms with E-state index >= 15 is 0 Å². The Labute approximate surface area is 143 Å². The lowest BCUT2D eigenvalue weighted by molar-refractivity contribution is -0.0976. The summed E-state index contributed by atoms with van der Waals surface area (Å²) in [6.45, 7) is 0. The molecule has 0 fully saturated rings. The van der Waals surface area contributed by atoms with Crippen molar-refractivity contribution in [3.05, 3.63) is 52.8 Å². The number of benzene rings is 2. The van der Waals surface area contributed by atoms with Gasteiger partial charge in [-0.1, -0.05) is 0 Å². The van der Waals surface area contributed by atoms with Gasteiger partial charge in [-0.3, -0.25) is 4.21 Å². The van der Waals surface area contributed by atoms with E-state index in [4.69, 9.17) is 10.00 Å². The maximum Gasteiger partial charge on any atom is 0.281 e. The molecule has 0 aromatic heterocycles. The van der Waals surface area contributed by atoms with E-state index in [1.54, 1.807) is 6.07 Å². The zero-order valence-electron chi connectivity index (χ0n) is 12.9. The van der Waals surface area contributed by atoms with Gasteiger partial charge in [0.2, 0.25) is 0 Å². The second-order valence-corrected chi connectivity index (χ2v) is 6.99. The summed E-state index contributed by atoms with van der Waals surface area (Å²) < 4.78 is 58.7. The van der Waals surface area contributed by atoms with Gasteiger partial charge in [-0.25, -0.2) is 13.2 Å². The fourth-order valence-electron chi connectivity index (χ4n) is 2.81. The van der Waals surface area contributed by atoms with Crippen LogP contribution >= 0.6 is 0 Å². The number of nitriles is 1. The van der Waals surface area contributed by atoms with Crippen molar-refractivity contribution in [3.8, 4) is 17.6 Å². The first-order valence-corrected chi connectivity index (χ1v) is 8.72. The highest BCUT2D eigenvalue weighted by Gasteiger charge is 2.49. The Balaban J connectivity index is 2.10. The van der Waals surface area contributed by atoms with Crippen LogP contribution in [0.2, 0.25) is 0 Å². The number of fused-ring (bicyclic) bond motifs is 1. The van der Waals surface area contributed by atoms with Crippen molar-refractivity contribution in [2.45, 2.75) is 23.3 Å². The fourth-order valence-corrected chi connectivity index (χ4v) is 3.61. The van der Waals surface area contributed by atoms with Crippen molar-refractivity contribution in [2.75, 3.05) is 6.26 Å². The number of rotatable bonds is 3. The monoisotopic (exact) mass is 367 g/mol. The molecule has 4 nitrogen and oxygen atoms in total. The predicted molar refractivity (Wildman–Crippen MR) is 83.6 cm³/mol. The summed E-state index contributed by atoms with van der Waals surface area (Å²) in [7, 11) is -1.58. The zero-order valence-corrected chi connectivity index (χ0v) is 13.7. The second-order valence-electron chi connectivity index (χ2n) is 5.64. The molecule has 3 rings (SSSR count). The van der Waals surface area contributed by atoms with Crippen LogP contribution in [0.5, 0.6) is 11.5 Å². The highest BCUT2D eigenvalue weighted by Crippen LogP contribution is 2.49. The number of hydrogen-bond donors (Lipinski definition) is 1. The van der Waals surface area contributed by atoms with Crippen molar-refractivity contribution in [2.24, 2.45) is 0 Å². The van der Waals surface area contributed by atoms with Gasteiger partial charge in [0.25, 0.3) is 5.92 Å². The van der Waals surface area contributed by atoms with E-state index in [0.29, 0.717) is 0 Å². The maximum absolute atomic E-state index is 14.0. The molecule has 0 spiro atoms. The summed E-state index contributed by atoms with van der Waals surface area (Å²) in [5.74, 6) is -4.17. The summed E-state index contributed by atoms with van der Waals surface area (Å²) >= 11 is 0. The standard InChI is InChI=1S/C17H12F3NO3S/c1-25(23)14-3-2-13(12-7-17(19,20)16(22)15(12)14)24-11-5-9(8-21)4-10(18)6-11/h2-6,16,22H,7H2,1H3. The third-order valence-corrected chi connectivity index (χ3v) is 4.87. The van der Waals surface area contributed by atoms with Gasteiger partial charge in [0.05, 0.1) is 22.4 Å². The number of alkyl halides is 2. The van der Waals surface area contributed by atoms with Crippen LogP contribution in [0.3, 0.4) is 0 Å². The summed E-state index contributed by atoms with van der Waals surface area (Å²) in [6.07, 6.45) is -1.55. The van der Waals surface area contributed by atoms with Crippen LogP contribution in [-0.4, -0.2) is 21.5 Å². The second kappa shape index (κ2) is 6.17. The molecule has 2 aromatic carbocycles. The Hall–Kier alpha value is -2.37. The normalized spacial score (nSPS) is 19.1. The highest BCUT2D eigenvalue weighted by molar-refractivity contribution is 7.84. The molecule has 25 heavy (non-hydrogen) atoms. The minimum atomic E-state index is -3.42. The van der Waals surface area contributed by atoms with Gasteiger partial charge < -0.3 is 9.84 Å². The van der Waals surface area contributed by atoms with Gasteiger partial charge in [-0.2, -0.15) is 5.26 Å². The van der Waals surface area contributed by atoms with Crippen LogP contribution < -0.4 is 4.74 Å². The van der Waals surface area contributed by atoms with Crippen molar-refractivity contribution in [3.63, 3.8) is 0 Å². The fraction of sp³-hybridized carbons (Fsp3) is 0.235. The lowest BCUT2D eigenvalue weighted by atomic mass is 10.1. The molecule has 0 radical (unpaired) electrons. The molecule has 0 bridgehead atoms. The van der Waals surface area contributed by atoms with Crippen LogP contribution in [-0.2, 0) is 17.2 Å². The molecule has 2 unspecified atom stereocenters. The summed E-state index contributed by atoms with van der Waals surface area (Å²) in [4.78, 5) is 0.101. The van der Waals surface area contributed by atoms with E-state index in [-0.39, 0.29) is 33.1 Å². The van der Waals surface area contributed by atoms with Gasteiger partial charge >= 0.3 is 0 Å². The Morgan fingerprint density at radius 3 is 2.72 bits per heavy atom. The lowest BCUT2D eigenvalue weighted by Gasteiger charge is -2.15. The van der Waals surface area contributed by atoms with Crippen LogP contribution in [0, 0.1) is 17.1 Å². The quantitative estimate of drug-likeness (QED) is 0.902. The summed E-state index contributed by atoms with van der Waals surface area (Å²) in [5, 5.41) is 18.8. The average molecular weight is 367 g/mol. The van der Waals surface area contributed by atoms with E-state index in [1.807, 2.05) is 0 Å². The molecule has 130 valence electrons. The topological polar surface area (TPSA) is 70.3 Å². The van der Waals surface area contributed by atoms with E-state index < -0.39 is 35.1 Å². The first-order chi connectivity index (χ1) is 11.7. The summed E-state index contributed by atoms with van der Waals surface area (Å²) in [6, 6.07) is 7.75. The van der Waals surface area contributed by atoms with Gasteiger partial charge in [0.15, 0.2) is 0 Å². The van der Waals surface area contributed by atoms with Gasteiger partial charge in [0.1, 0.15) is 23.4 Å². The third-order valence-electron chi connectivity index (χ3n) is 3.90. The molecule has 0 heterocycles. The summed E-state index contributed by atoms with van der Waals surface area (Å²) in [5.41, 5.74) is -0.0866. The molecular weight excluding hydrogens is 355 g/mol. The smallest absolute Gasteiger partial charge is 0.281 e. The minimum absolute atomic E-state index is 0.00471. The number of halogens is 3. The van der Waals surface area contributed by atoms with Gasteiger partial charge in [-0.05, 0) is 24.3 Å². The van der Waals surface area contributed by atoms with Crippen LogP contribution in [0.15, 0.2) is 35.2 Å². The van der Waals surface area contributed by atoms with E-state index in [2.05, 4.69) is 0 Å². The molecule has 1 aliphatic carbocycles. The lowest BCUT2D eigenvalue weighted by Crippen LogP contribution is -2.22. The van der Waals surface area contributed by atoms with Crippen molar-refractivity contribution >= 4 is 10.8 Å². The van der Waals surface area contributed by atoms with Crippen LogP contribution in [0.25, 0.3) is 0 Å². The van der Waals surface area contributed by atoms with Gasteiger partial charge in [-0.15, -0.1) is 0 Å². The van der Waals surface area contributed by atoms with E-state index in [1.165, 1.54) is 24.5 Å². The number of hydrogen-bond acceptors (Lipinski definition) is 4. The highest BCUT2D eigenvalue weighted by atomic mass is 32.2. The number of aliphatic hydroxyl groups is 1. The molecule has 1 aliphatic rings. The zero-order chi connectivity index (χ0) is 18.4. The molecule has 0 amide bonds. The van der Waals surface area contributed by atoms with E-state index in [0.717, 1.165) is 12.1 Å². The molecule has 8 heteroatoms. The van der Waals surface area contributed by atoms with Crippen molar-refractivity contribution in [1.82, 2.24) is 0 Å². The van der Waals surface area contributed by atoms with Crippen LogP contribution in [0.1, 0.15) is 22.8 Å². The first kappa shape index (κ1) is 17.5. The Bertz CT molecular complexity index is 924. The van der Waals surface area contributed by atoms with E-state index in [9.17, 15) is 22.5 Å². The number of aliphatic hydroxyl groups excluding tert-OH is 1. The number of ether oxygens (including phenoxy) is 1. The Morgan fingerprint density at radius 1 is 1.36 bits per heavy atom. The average Bonchev–Trinajstić information content (AvgIpc) is 2.78. The molecule has 0 saturated heterocycles. The molecular formula is C17H12F3NO3S. The Kier molecular flexibility index (Phi) is 4.31. The maximum atomic E-state index is 14.0. The molecule has 2 atom stereocenters. The molecule has 1 N–H and O–H groups in total. The first-order valence-electron chi connectivity index (χ1n) is 7.16. The van der Waals surface area contributed by atoms with Crippen LogP contribution in [0.4, 0.5) is 13.2 Å². The minimum Gasteiger partial charge on any atom is -0.457 e. The largest absolute Gasteiger partial charge is 0.457 e. The SMILES string of the molecule is CS(=O)c1ccc(Oc2cc(F)cc(C#N)c2)c2c1C(O)C(F)(F)C2. The van der Waals surface area contributed by atoms with Gasteiger partial charge in [0, 0.05) is 34.8 Å². The molecule has 0 saturated carbocycles. The predicted octanol–water partition coefficient (Wildman–Crippen LogP) is 3.45. The molecule has 2 aromatic rings.